The van der Waals surface area contributed by atoms with Gasteiger partial charge in [0.1, 0.15) is 41.9 Å². The molecule has 0 unspecified atom stereocenters. The van der Waals surface area contributed by atoms with E-state index in [-0.39, 0.29) is 42.3 Å². The molecule has 1 saturated carbocycles. The molecule has 3 aromatic rings. The number of benzene rings is 1. The summed E-state index contributed by atoms with van der Waals surface area (Å²) in [5, 5.41) is 2.76. The molecule has 2 N–H and O–H groups in total. The van der Waals surface area contributed by atoms with E-state index in [1.54, 1.807) is 26.0 Å². The van der Waals surface area contributed by atoms with Gasteiger partial charge < -0.3 is 24.7 Å². The predicted octanol–water partition coefficient (Wildman–Crippen LogP) is 3.48. The third kappa shape index (κ3) is 5.07. The second-order valence-electron chi connectivity index (χ2n) is 10.1. The molecule has 2 fully saturated rings. The van der Waals surface area contributed by atoms with E-state index in [0.717, 1.165) is 12.8 Å². The number of alkyl halides is 1. The SMILES string of the molecule is COCC(=O)N1CC[C@H](NC(=O)c2c(C)[nH]c3c(-c4c(OCC5CC5)ccc(C)c4F)ncnc23)[C@H](F)C1. The van der Waals surface area contributed by atoms with E-state index in [1.807, 2.05) is 0 Å². The second kappa shape index (κ2) is 10.6. The van der Waals surface area contributed by atoms with Gasteiger partial charge in [-0.3, -0.25) is 9.59 Å². The smallest absolute Gasteiger partial charge is 0.255 e. The molecule has 5 rings (SSSR count). The van der Waals surface area contributed by atoms with Crippen LogP contribution in [0.25, 0.3) is 22.3 Å². The molecule has 0 spiro atoms. The van der Waals surface area contributed by atoms with Crippen LogP contribution in [-0.4, -0.2) is 77.3 Å². The Kier molecular flexibility index (Phi) is 7.29. The minimum atomic E-state index is -1.43. The fraction of sp³-hybridized carbons (Fsp3) is 0.481. The van der Waals surface area contributed by atoms with Crippen molar-refractivity contribution < 1.29 is 27.8 Å². The first kappa shape index (κ1) is 26.0. The van der Waals surface area contributed by atoms with Crippen LogP contribution in [0.1, 0.15) is 40.9 Å². The van der Waals surface area contributed by atoms with Crippen molar-refractivity contribution >= 4 is 22.8 Å². The molecule has 1 saturated heterocycles. The molecule has 2 aliphatic rings. The summed E-state index contributed by atoms with van der Waals surface area (Å²) in [5.41, 5.74) is 2.38. The number of H-pyrrole nitrogens is 1. The Morgan fingerprint density at radius 2 is 2.00 bits per heavy atom. The van der Waals surface area contributed by atoms with Gasteiger partial charge in [0.05, 0.1) is 35.8 Å². The van der Waals surface area contributed by atoms with Crippen molar-refractivity contribution in [2.45, 2.75) is 45.3 Å². The summed E-state index contributed by atoms with van der Waals surface area (Å²) in [5.74, 6) is -0.386. The van der Waals surface area contributed by atoms with Gasteiger partial charge in [-0.15, -0.1) is 0 Å². The van der Waals surface area contributed by atoms with Gasteiger partial charge in [-0.25, -0.2) is 18.7 Å². The molecule has 2 aromatic heterocycles. The number of hydrogen-bond acceptors (Lipinski definition) is 6. The number of amides is 2. The van der Waals surface area contributed by atoms with Crippen LogP contribution >= 0.6 is 0 Å². The number of aromatic amines is 1. The Labute approximate surface area is 218 Å². The summed E-state index contributed by atoms with van der Waals surface area (Å²) in [6.45, 7) is 3.95. The first-order valence-electron chi connectivity index (χ1n) is 12.8. The maximum absolute atomic E-state index is 15.5. The number of methoxy groups -OCH3 is 1. The van der Waals surface area contributed by atoms with E-state index in [4.69, 9.17) is 9.47 Å². The largest absolute Gasteiger partial charge is 0.492 e. The van der Waals surface area contributed by atoms with Crippen LogP contribution in [0.5, 0.6) is 5.75 Å². The summed E-state index contributed by atoms with van der Waals surface area (Å²) >= 11 is 0. The average Bonchev–Trinajstić information content (AvgIpc) is 3.65. The molecule has 2 atom stereocenters. The number of piperidine rings is 1. The van der Waals surface area contributed by atoms with Gasteiger partial charge >= 0.3 is 0 Å². The maximum atomic E-state index is 15.5. The number of nitrogens with one attached hydrogen (secondary N) is 2. The van der Waals surface area contributed by atoms with Crippen molar-refractivity contribution in [2.24, 2.45) is 5.92 Å². The molecule has 1 aliphatic carbocycles. The highest BCUT2D eigenvalue weighted by atomic mass is 19.1. The number of carbonyl (C=O) groups is 2. The number of rotatable bonds is 8. The van der Waals surface area contributed by atoms with Crippen molar-refractivity contribution in [3.63, 3.8) is 0 Å². The summed E-state index contributed by atoms with van der Waals surface area (Å²) in [4.78, 5) is 38.6. The van der Waals surface area contributed by atoms with Gasteiger partial charge in [-0.05, 0) is 50.7 Å². The van der Waals surface area contributed by atoms with Crippen molar-refractivity contribution in [1.82, 2.24) is 25.2 Å². The highest BCUT2D eigenvalue weighted by molar-refractivity contribution is 6.09. The molecule has 1 aliphatic heterocycles. The molecule has 1 aromatic carbocycles. The van der Waals surface area contributed by atoms with E-state index in [9.17, 15) is 14.0 Å². The summed E-state index contributed by atoms with van der Waals surface area (Å²) < 4.78 is 41.2. The van der Waals surface area contributed by atoms with Crippen molar-refractivity contribution in [2.75, 3.05) is 33.4 Å². The number of ether oxygens (including phenoxy) is 2. The molecule has 0 bridgehead atoms. The Balaban J connectivity index is 1.43. The number of nitrogens with zero attached hydrogens (tertiary/aromatic N) is 3. The van der Waals surface area contributed by atoms with Crippen LogP contribution in [0.4, 0.5) is 8.78 Å². The lowest BCUT2D eigenvalue weighted by molar-refractivity contribution is -0.137. The third-order valence-corrected chi connectivity index (χ3v) is 7.18. The summed E-state index contributed by atoms with van der Waals surface area (Å²) in [6.07, 6.45) is 2.30. The van der Waals surface area contributed by atoms with Gasteiger partial charge in [0.25, 0.3) is 5.91 Å². The molecule has 38 heavy (non-hydrogen) atoms. The quantitative estimate of drug-likeness (QED) is 0.464. The fourth-order valence-corrected chi connectivity index (χ4v) is 4.83. The number of hydrogen-bond donors (Lipinski definition) is 2. The zero-order valence-corrected chi connectivity index (χ0v) is 21.6. The lowest BCUT2D eigenvalue weighted by Crippen LogP contribution is -2.54. The van der Waals surface area contributed by atoms with Crippen LogP contribution in [0, 0.1) is 25.6 Å². The Morgan fingerprint density at radius 1 is 1.21 bits per heavy atom. The minimum absolute atomic E-state index is 0.116. The van der Waals surface area contributed by atoms with Crippen LogP contribution < -0.4 is 10.1 Å². The van der Waals surface area contributed by atoms with Crippen molar-refractivity contribution in [3.05, 3.63) is 41.1 Å². The normalized spacial score (nSPS) is 19.6. The topological polar surface area (TPSA) is 109 Å². The first-order chi connectivity index (χ1) is 18.3. The molecular weight excluding hydrogens is 496 g/mol. The van der Waals surface area contributed by atoms with Gasteiger partial charge in [0.15, 0.2) is 0 Å². The van der Waals surface area contributed by atoms with Crippen LogP contribution in [0.2, 0.25) is 0 Å². The third-order valence-electron chi connectivity index (χ3n) is 7.18. The van der Waals surface area contributed by atoms with Crippen LogP contribution in [0.15, 0.2) is 18.5 Å². The Bertz CT molecular complexity index is 1370. The van der Waals surface area contributed by atoms with Gasteiger partial charge in [0, 0.05) is 19.3 Å². The molecule has 202 valence electrons. The number of halogens is 2. The Morgan fingerprint density at radius 3 is 2.71 bits per heavy atom. The standard InChI is InChI=1S/C27H31F2N5O4/c1-14-4-7-19(38-11-16-5-6-16)22(23(14)29)25-26-24(30-13-31-25)21(15(2)32-26)27(36)33-18-8-9-34(10-17(18)28)20(35)12-37-3/h4,7,13,16-18,32H,5-6,8-12H2,1-3H3,(H,33,36)/t17-,18+/m1/s1. The lowest BCUT2D eigenvalue weighted by Gasteiger charge is -2.35. The zero-order valence-electron chi connectivity index (χ0n) is 21.6. The number of aryl methyl sites for hydroxylation is 2. The van der Waals surface area contributed by atoms with Crippen LogP contribution in [-0.2, 0) is 9.53 Å². The summed E-state index contributed by atoms with van der Waals surface area (Å²) in [6, 6.07) is 2.63. The van der Waals surface area contributed by atoms with Gasteiger partial charge in [-0.2, -0.15) is 0 Å². The molecule has 11 heteroatoms. The second-order valence-corrected chi connectivity index (χ2v) is 10.1. The van der Waals surface area contributed by atoms with Crippen LogP contribution in [0.3, 0.4) is 0 Å². The summed E-state index contributed by atoms with van der Waals surface area (Å²) in [7, 11) is 1.41. The monoisotopic (exact) mass is 527 g/mol. The maximum Gasteiger partial charge on any atom is 0.255 e. The number of fused-ring (bicyclic) bond motifs is 1. The zero-order chi connectivity index (χ0) is 27.0. The molecular formula is C27H31F2N5O4. The number of aromatic nitrogens is 3. The fourth-order valence-electron chi connectivity index (χ4n) is 4.83. The average molecular weight is 528 g/mol. The highest BCUT2D eigenvalue weighted by Crippen LogP contribution is 2.39. The van der Waals surface area contributed by atoms with E-state index < -0.39 is 23.9 Å². The molecule has 0 radical (unpaired) electrons. The Hall–Kier alpha value is -3.60. The lowest BCUT2D eigenvalue weighted by atomic mass is 10.0. The van der Waals surface area contributed by atoms with Crippen molar-refractivity contribution in [3.8, 4) is 17.0 Å². The number of carbonyl (C=O) groups excluding carboxylic acids is 2. The first-order valence-corrected chi connectivity index (χ1v) is 12.8. The molecule has 9 nitrogen and oxygen atoms in total. The van der Waals surface area contributed by atoms with E-state index >= 15 is 4.39 Å². The van der Waals surface area contributed by atoms with Crippen molar-refractivity contribution in [1.29, 1.82) is 0 Å². The number of likely N-dealkylation sites (tertiary alicyclic amines) is 1. The highest BCUT2D eigenvalue weighted by Gasteiger charge is 2.34. The van der Waals surface area contributed by atoms with Gasteiger partial charge in [0.2, 0.25) is 5.91 Å². The minimum Gasteiger partial charge on any atom is -0.492 e. The van der Waals surface area contributed by atoms with E-state index in [2.05, 4.69) is 20.3 Å². The predicted molar refractivity (Wildman–Crippen MR) is 136 cm³/mol. The molecule has 3 heterocycles. The van der Waals surface area contributed by atoms with Gasteiger partial charge in [-0.1, -0.05) is 6.07 Å². The van der Waals surface area contributed by atoms with E-state index in [0.29, 0.717) is 47.1 Å². The van der Waals surface area contributed by atoms with E-state index in [1.165, 1.54) is 18.3 Å². The molecule has 2 amide bonds.